The summed E-state index contributed by atoms with van der Waals surface area (Å²) in [6.07, 6.45) is 39.4. The van der Waals surface area contributed by atoms with Crippen molar-refractivity contribution in [3.8, 4) is 0 Å². The molecular formula is C45H89NO5. The van der Waals surface area contributed by atoms with Crippen molar-refractivity contribution in [2.75, 3.05) is 32.8 Å². The summed E-state index contributed by atoms with van der Waals surface area (Å²) in [6, 6.07) is 0. The summed E-state index contributed by atoms with van der Waals surface area (Å²) in [4.78, 5) is 27.3. The Balaban J connectivity index is 4.06. The molecule has 0 aliphatic carbocycles. The molecule has 0 atom stereocenters. The Morgan fingerprint density at radius 3 is 1.31 bits per heavy atom. The molecule has 0 rings (SSSR count). The average Bonchev–Trinajstić information content (AvgIpc) is 3.13. The van der Waals surface area contributed by atoms with E-state index in [9.17, 15) is 14.7 Å². The van der Waals surface area contributed by atoms with E-state index in [0.717, 1.165) is 90.3 Å². The van der Waals surface area contributed by atoms with Gasteiger partial charge in [-0.25, -0.2) is 0 Å². The Hall–Kier alpha value is -1.14. The molecule has 304 valence electrons. The molecule has 0 aromatic heterocycles. The van der Waals surface area contributed by atoms with E-state index < -0.39 is 0 Å². The van der Waals surface area contributed by atoms with E-state index in [-0.39, 0.29) is 24.6 Å². The quantitative estimate of drug-likeness (QED) is 0.0499. The molecule has 0 saturated heterocycles. The van der Waals surface area contributed by atoms with Crippen LogP contribution in [0.2, 0.25) is 0 Å². The van der Waals surface area contributed by atoms with Crippen molar-refractivity contribution in [2.24, 2.45) is 0 Å². The molecule has 0 radical (unpaired) electrons. The third kappa shape index (κ3) is 38.4. The van der Waals surface area contributed by atoms with E-state index in [1.165, 1.54) is 135 Å². The van der Waals surface area contributed by atoms with Crippen molar-refractivity contribution in [2.45, 2.75) is 245 Å². The van der Waals surface area contributed by atoms with E-state index in [0.29, 0.717) is 19.4 Å². The monoisotopic (exact) mass is 724 g/mol. The van der Waals surface area contributed by atoms with Gasteiger partial charge in [0.2, 0.25) is 0 Å². The lowest BCUT2D eigenvalue weighted by Crippen LogP contribution is -2.28. The number of aliphatic hydroxyl groups excluding tert-OH is 1. The van der Waals surface area contributed by atoms with Crippen LogP contribution >= 0.6 is 0 Å². The number of rotatable bonds is 42. The molecule has 0 spiro atoms. The van der Waals surface area contributed by atoms with Gasteiger partial charge in [0.1, 0.15) is 6.10 Å². The second-order valence-corrected chi connectivity index (χ2v) is 15.5. The molecule has 51 heavy (non-hydrogen) atoms. The zero-order valence-corrected chi connectivity index (χ0v) is 34.7. The van der Waals surface area contributed by atoms with Gasteiger partial charge in [-0.05, 0) is 77.3 Å². The predicted octanol–water partition coefficient (Wildman–Crippen LogP) is 13.1. The van der Waals surface area contributed by atoms with E-state index in [4.69, 9.17) is 9.47 Å². The van der Waals surface area contributed by atoms with Crippen molar-refractivity contribution in [3.63, 3.8) is 0 Å². The van der Waals surface area contributed by atoms with Gasteiger partial charge in [-0.2, -0.15) is 0 Å². The molecule has 0 aromatic rings. The van der Waals surface area contributed by atoms with Gasteiger partial charge >= 0.3 is 11.9 Å². The van der Waals surface area contributed by atoms with Crippen molar-refractivity contribution in [1.82, 2.24) is 4.90 Å². The second-order valence-electron chi connectivity index (χ2n) is 15.5. The number of aliphatic hydroxyl groups is 1. The molecule has 0 unspecified atom stereocenters. The van der Waals surface area contributed by atoms with Crippen LogP contribution in [0.25, 0.3) is 0 Å². The SMILES string of the molecule is CCCCCCCCCCCOC(=O)CCCCCCCN(CCCO)CCCCCC(=O)OC(CCCCCCCC)CCCCCCCC. The molecule has 0 heterocycles. The van der Waals surface area contributed by atoms with Crippen molar-refractivity contribution in [3.05, 3.63) is 0 Å². The average molecular weight is 724 g/mol. The van der Waals surface area contributed by atoms with E-state index in [1.807, 2.05) is 0 Å². The van der Waals surface area contributed by atoms with Gasteiger partial charge in [0.15, 0.2) is 0 Å². The maximum absolute atomic E-state index is 12.8. The van der Waals surface area contributed by atoms with Gasteiger partial charge in [0, 0.05) is 26.0 Å². The molecule has 0 aliphatic rings. The first-order valence-corrected chi connectivity index (χ1v) is 22.8. The third-order valence-corrected chi connectivity index (χ3v) is 10.4. The molecule has 0 amide bonds. The molecule has 0 fully saturated rings. The number of hydrogen-bond donors (Lipinski definition) is 1. The zero-order valence-electron chi connectivity index (χ0n) is 34.7. The van der Waals surface area contributed by atoms with Gasteiger partial charge < -0.3 is 19.5 Å². The summed E-state index contributed by atoms with van der Waals surface area (Å²) in [5.41, 5.74) is 0. The van der Waals surface area contributed by atoms with Crippen LogP contribution in [0.3, 0.4) is 0 Å². The largest absolute Gasteiger partial charge is 0.466 e. The Labute approximate surface area is 318 Å². The highest BCUT2D eigenvalue weighted by Crippen LogP contribution is 2.18. The van der Waals surface area contributed by atoms with Crippen LogP contribution in [0, 0.1) is 0 Å². The van der Waals surface area contributed by atoms with Gasteiger partial charge in [-0.1, -0.05) is 162 Å². The summed E-state index contributed by atoms with van der Waals surface area (Å²) in [5.74, 6) is -0.0275. The lowest BCUT2D eigenvalue weighted by atomic mass is 10.0. The van der Waals surface area contributed by atoms with Crippen molar-refractivity contribution < 1.29 is 24.2 Å². The molecule has 1 N–H and O–H groups in total. The number of esters is 2. The maximum Gasteiger partial charge on any atom is 0.306 e. The fraction of sp³-hybridized carbons (Fsp3) is 0.956. The van der Waals surface area contributed by atoms with Crippen LogP contribution in [0.1, 0.15) is 239 Å². The van der Waals surface area contributed by atoms with Gasteiger partial charge in [0.25, 0.3) is 0 Å². The maximum atomic E-state index is 12.8. The van der Waals surface area contributed by atoms with Crippen LogP contribution in [0.5, 0.6) is 0 Å². The van der Waals surface area contributed by atoms with Crippen LogP contribution in [0.4, 0.5) is 0 Å². The molecular weight excluding hydrogens is 634 g/mol. The molecule has 0 saturated carbocycles. The topological polar surface area (TPSA) is 76.1 Å². The highest BCUT2D eigenvalue weighted by atomic mass is 16.5. The van der Waals surface area contributed by atoms with Crippen molar-refractivity contribution in [1.29, 1.82) is 0 Å². The van der Waals surface area contributed by atoms with E-state index >= 15 is 0 Å². The molecule has 6 heteroatoms. The highest BCUT2D eigenvalue weighted by molar-refractivity contribution is 5.69. The summed E-state index contributed by atoms with van der Waals surface area (Å²) < 4.78 is 11.5. The minimum absolute atomic E-state index is 0.00108. The summed E-state index contributed by atoms with van der Waals surface area (Å²) in [5, 5.41) is 9.40. The minimum Gasteiger partial charge on any atom is -0.466 e. The highest BCUT2D eigenvalue weighted by Gasteiger charge is 2.14. The molecule has 0 bridgehead atoms. The zero-order chi connectivity index (χ0) is 37.3. The Bertz CT molecular complexity index is 701. The van der Waals surface area contributed by atoms with Crippen LogP contribution in [-0.4, -0.2) is 60.9 Å². The first kappa shape index (κ1) is 49.9. The first-order chi connectivity index (χ1) is 25.1. The third-order valence-electron chi connectivity index (χ3n) is 10.4. The van der Waals surface area contributed by atoms with Crippen LogP contribution < -0.4 is 0 Å². The number of unbranched alkanes of at least 4 members (excludes halogenated alkanes) is 24. The predicted molar refractivity (Wildman–Crippen MR) is 218 cm³/mol. The Kier molecular flexibility index (Phi) is 40.7. The summed E-state index contributed by atoms with van der Waals surface area (Å²) >= 11 is 0. The standard InChI is InChI=1S/C45H89NO5/c1-4-7-10-13-16-17-18-24-32-42-50-44(48)36-28-22-19-23-30-38-46(40-33-41-47)39-31-25-29-37-45(49)51-43(34-26-20-14-11-8-5-2)35-27-21-15-12-9-6-3/h43,47H,4-42H2,1-3H3. The van der Waals surface area contributed by atoms with Gasteiger partial charge in [0.05, 0.1) is 6.61 Å². The van der Waals surface area contributed by atoms with Crippen LogP contribution in [0.15, 0.2) is 0 Å². The molecule has 6 nitrogen and oxygen atoms in total. The van der Waals surface area contributed by atoms with Gasteiger partial charge in [-0.3, -0.25) is 9.59 Å². The first-order valence-electron chi connectivity index (χ1n) is 22.8. The van der Waals surface area contributed by atoms with Crippen molar-refractivity contribution >= 4 is 11.9 Å². The van der Waals surface area contributed by atoms with Gasteiger partial charge in [-0.15, -0.1) is 0 Å². The summed E-state index contributed by atoms with van der Waals surface area (Å²) in [6.45, 7) is 10.6. The Morgan fingerprint density at radius 2 is 0.824 bits per heavy atom. The Morgan fingerprint density at radius 1 is 0.451 bits per heavy atom. The lowest BCUT2D eigenvalue weighted by Gasteiger charge is -2.22. The molecule has 0 aromatic carbocycles. The number of ether oxygens (including phenoxy) is 2. The van der Waals surface area contributed by atoms with E-state index in [1.54, 1.807) is 0 Å². The number of carbonyl (C=O) groups is 2. The number of hydrogen-bond acceptors (Lipinski definition) is 6. The lowest BCUT2D eigenvalue weighted by molar-refractivity contribution is -0.150. The fourth-order valence-corrected chi connectivity index (χ4v) is 7.03. The number of nitrogens with zero attached hydrogens (tertiary/aromatic N) is 1. The number of carbonyl (C=O) groups excluding carboxylic acids is 2. The smallest absolute Gasteiger partial charge is 0.306 e. The summed E-state index contributed by atoms with van der Waals surface area (Å²) in [7, 11) is 0. The van der Waals surface area contributed by atoms with Crippen LogP contribution in [-0.2, 0) is 19.1 Å². The minimum atomic E-state index is -0.0286. The fourth-order valence-electron chi connectivity index (χ4n) is 7.03. The normalized spacial score (nSPS) is 11.6. The molecule has 0 aliphatic heterocycles. The second kappa shape index (κ2) is 41.6. The van der Waals surface area contributed by atoms with E-state index in [2.05, 4.69) is 25.7 Å².